The van der Waals surface area contributed by atoms with Gasteiger partial charge in [-0.05, 0) is 30.3 Å². The first-order valence-corrected chi connectivity index (χ1v) is 5.98. The summed E-state index contributed by atoms with van der Waals surface area (Å²) in [5, 5.41) is 0. The summed E-state index contributed by atoms with van der Waals surface area (Å²) in [6.07, 6.45) is 0. The van der Waals surface area contributed by atoms with Crippen molar-refractivity contribution in [3.63, 3.8) is 0 Å². The van der Waals surface area contributed by atoms with E-state index in [-0.39, 0.29) is 0 Å². The molecule has 3 nitrogen and oxygen atoms in total. The number of hydrogen-bond donors (Lipinski definition) is 0. The van der Waals surface area contributed by atoms with Gasteiger partial charge in [0, 0.05) is 0 Å². The molecule has 0 aliphatic heterocycles. The number of para-hydroxylation sites is 1. The molecule has 0 unspecified atom stereocenters. The Hall–Kier alpha value is -2.62. The maximum Gasteiger partial charge on any atom is 0.338 e. The third-order valence-corrected chi connectivity index (χ3v) is 2.41. The van der Waals surface area contributed by atoms with Crippen molar-refractivity contribution >= 4 is 5.97 Å². The maximum atomic E-state index is 12.4. The van der Waals surface area contributed by atoms with Crippen LogP contribution in [-0.2, 0) is 4.74 Å². The minimum absolute atomic E-state index is 0.291. The molecule has 0 aliphatic carbocycles. The third-order valence-electron chi connectivity index (χ3n) is 2.41. The van der Waals surface area contributed by atoms with Gasteiger partial charge in [0.1, 0.15) is 23.9 Å². The lowest BCUT2D eigenvalue weighted by Gasteiger charge is -2.07. The van der Waals surface area contributed by atoms with Crippen molar-refractivity contribution in [1.82, 2.24) is 0 Å². The smallest absolute Gasteiger partial charge is 0.338 e. The Bertz CT molecular complexity index is 608. The first kappa shape index (κ1) is 13.8. The van der Waals surface area contributed by atoms with E-state index in [1.54, 1.807) is 30.3 Å². The molecule has 4 heteroatoms. The summed E-state index contributed by atoms with van der Waals surface area (Å²) in [5.41, 5.74) is 0.291. The van der Waals surface area contributed by atoms with Gasteiger partial charge in [-0.2, -0.15) is 0 Å². The predicted octanol–water partition coefficient (Wildman–Crippen LogP) is 4.12. The van der Waals surface area contributed by atoms with Crippen LogP contribution in [0.15, 0.2) is 67.0 Å². The lowest BCUT2D eigenvalue weighted by atomic mass is 10.2. The lowest BCUT2D eigenvalue weighted by Crippen LogP contribution is -2.06. The molecule has 0 aromatic heterocycles. The average Bonchev–Trinajstić information content (AvgIpc) is 2.46. The monoisotopic (exact) mass is 272 g/mol. The second-order valence-corrected chi connectivity index (χ2v) is 4.04. The summed E-state index contributed by atoms with van der Waals surface area (Å²) in [6, 6.07) is 15.7. The van der Waals surface area contributed by atoms with Crippen LogP contribution < -0.4 is 4.74 Å². The number of benzene rings is 2. The number of esters is 1. The molecule has 0 N–H and O–H groups in total. The van der Waals surface area contributed by atoms with Gasteiger partial charge in [0.25, 0.3) is 0 Å². The highest BCUT2D eigenvalue weighted by molar-refractivity contribution is 5.89. The van der Waals surface area contributed by atoms with E-state index in [0.29, 0.717) is 17.1 Å². The molecule has 2 aromatic rings. The van der Waals surface area contributed by atoms with E-state index in [1.807, 2.05) is 18.2 Å². The molecule has 2 rings (SSSR count). The second kappa shape index (κ2) is 6.52. The zero-order chi connectivity index (χ0) is 14.4. The average molecular weight is 272 g/mol. The molecule has 102 valence electrons. The predicted molar refractivity (Wildman–Crippen MR) is 73.5 cm³/mol. The minimum Gasteiger partial charge on any atom is -0.457 e. The molecular formula is C16H13FO3. The highest BCUT2D eigenvalue weighted by atomic mass is 19.1. The van der Waals surface area contributed by atoms with E-state index < -0.39 is 18.4 Å². The fourth-order valence-corrected chi connectivity index (χ4v) is 1.54. The Labute approximate surface area is 116 Å². The number of ether oxygens (including phenoxy) is 2. The zero-order valence-corrected chi connectivity index (χ0v) is 10.7. The normalized spacial score (nSPS) is 9.85. The fraction of sp³-hybridized carbons (Fsp3) is 0.0625. The number of carbonyl (C=O) groups is 1. The van der Waals surface area contributed by atoms with E-state index in [0.717, 1.165) is 0 Å². The van der Waals surface area contributed by atoms with Gasteiger partial charge >= 0.3 is 5.97 Å². The molecule has 2 aromatic carbocycles. The van der Waals surface area contributed by atoms with Gasteiger partial charge in [0.05, 0.1) is 5.56 Å². The van der Waals surface area contributed by atoms with Gasteiger partial charge in [0.2, 0.25) is 0 Å². The van der Waals surface area contributed by atoms with Crippen molar-refractivity contribution in [2.75, 3.05) is 6.61 Å². The summed E-state index contributed by atoms with van der Waals surface area (Å²) in [5.74, 6) is -0.155. The van der Waals surface area contributed by atoms with Crippen LogP contribution in [0.2, 0.25) is 0 Å². The Morgan fingerprint density at radius 1 is 1.05 bits per heavy atom. The molecule has 20 heavy (non-hydrogen) atoms. The van der Waals surface area contributed by atoms with Gasteiger partial charge in [-0.15, -0.1) is 0 Å². The van der Waals surface area contributed by atoms with E-state index in [1.165, 1.54) is 6.07 Å². The summed E-state index contributed by atoms with van der Waals surface area (Å²) in [7, 11) is 0. The molecule has 0 radical (unpaired) electrons. The van der Waals surface area contributed by atoms with Gasteiger partial charge < -0.3 is 9.47 Å². The Balaban J connectivity index is 2.08. The minimum atomic E-state index is -0.699. The highest BCUT2D eigenvalue weighted by Gasteiger charge is 2.09. The SMILES string of the molecule is C=C(F)COC(=O)c1cccc(Oc2ccccc2)c1. The Kier molecular flexibility index (Phi) is 4.50. The molecule has 0 saturated carbocycles. The summed E-state index contributed by atoms with van der Waals surface area (Å²) in [6.45, 7) is 2.58. The lowest BCUT2D eigenvalue weighted by molar-refractivity contribution is 0.0521. The van der Waals surface area contributed by atoms with Crippen molar-refractivity contribution < 1.29 is 18.7 Å². The quantitative estimate of drug-likeness (QED) is 0.768. The van der Waals surface area contributed by atoms with Gasteiger partial charge in [-0.1, -0.05) is 30.8 Å². The molecule has 0 atom stereocenters. The second-order valence-electron chi connectivity index (χ2n) is 4.04. The van der Waals surface area contributed by atoms with Crippen molar-refractivity contribution in [3.05, 3.63) is 72.6 Å². The van der Waals surface area contributed by atoms with Crippen LogP contribution >= 0.6 is 0 Å². The largest absolute Gasteiger partial charge is 0.457 e. The van der Waals surface area contributed by atoms with Crippen LogP contribution in [0.25, 0.3) is 0 Å². The van der Waals surface area contributed by atoms with Crippen LogP contribution in [0.4, 0.5) is 4.39 Å². The van der Waals surface area contributed by atoms with Crippen LogP contribution in [0.3, 0.4) is 0 Å². The third kappa shape index (κ3) is 3.95. The van der Waals surface area contributed by atoms with E-state index in [4.69, 9.17) is 9.47 Å². The molecule has 0 bridgehead atoms. The number of carbonyl (C=O) groups excluding carboxylic acids is 1. The van der Waals surface area contributed by atoms with E-state index in [9.17, 15) is 9.18 Å². The fourth-order valence-electron chi connectivity index (χ4n) is 1.54. The Morgan fingerprint density at radius 3 is 2.45 bits per heavy atom. The van der Waals surface area contributed by atoms with Gasteiger partial charge in [0.15, 0.2) is 0 Å². The Morgan fingerprint density at radius 2 is 1.75 bits per heavy atom. The summed E-state index contributed by atoms with van der Waals surface area (Å²) >= 11 is 0. The number of hydrogen-bond acceptors (Lipinski definition) is 3. The van der Waals surface area contributed by atoms with E-state index in [2.05, 4.69) is 6.58 Å². The summed E-state index contributed by atoms with van der Waals surface area (Å²) in [4.78, 5) is 11.7. The first-order valence-electron chi connectivity index (χ1n) is 5.98. The highest BCUT2D eigenvalue weighted by Crippen LogP contribution is 2.22. The van der Waals surface area contributed by atoms with E-state index >= 15 is 0 Å². The van der Waals surface area contributed by atoms with Crippen LogP contribution in [0.5, 0.6) is 11.5 Å². The van der Waals surface area contributed by atoms with Crippen molar-refractivity contribution in [3.8, 4) is 11.5 Å². The molecule has 0 fully saturated rings. The number of rotatable bonds is 5. The van der Waals surface area contributed by atoms with Gasteiger partial charge in [-0.25, -0.2) is 9.18 Å². The standard InChI is InChI=1S/C16H13FO3/c1-12(17)11-19-16(18)13-6-5-9-15(10-13)20-14-7-3-2-4-8-14/h2-10H,1,11H2. The molecular weight excluding hydrogens is 259 g/mol. The molecule has 0 aliphatic rings. The van der Waals surface area contributed by atoms with Crippen molar-refractivity contribution in [1.29, 1.82) is 0 Å². The summed E-state index contributed by atoms with van der Waals surface area (Å²) < 4.78 is 22.8. The number of halogens is 1. The van der Waals surface area contributed by atoms with Crippen molar-refractivity contribution in [2.24, 2.45) is 0 Å². The molecule has 0 spiro atoms. The van der Waals surface area contributed by atoms with Crippen LogP contribution in [0, 0.1) is 0 Å². The topological polar surface area (TPSA) is 35.5 Å². The maximum absolute atomic E-state index is 12.4. The molecule has 0 saturated heterocycles. The zero-order valence-electron chi connectivity index (χ0n) is 10.7. The first-order chi connectivity index (χ1) is 9.65. The van der Waals surface area contributed by atoms with Crippen LogP contribution in [-0.4, -0.2) is 12.6 Å². The molecule has 0 amide bonds. The van der Waals surface area contributed by atoms with Crippen LogP contribution in [0.1, 0.15) is 10.4 Å². The molecule has 0 heterocycles. The van der Waals surface area contributed by atoms with Gasteiger partial charge in [-0.3, -0.25) is 0 Å². The van der Waals surface area contributed by atoms with Crippen molar-refractivity contribution in [2.45, 2.75) is 0 Å².